The second-order valence-corrected chi connectivity index (χ2v) is 6.02. The SMILES string of the molecule is COC(=O)[C@H](Cc1ccccc1)NC(=O)CCC1CCCC1. The number of methoxy groups -OCH3 is 1. The molecule has 0 aliphatic heterocycles. The van der Waals surface area contributed by atoms with Crippen LogP contribution in [0.5, 0.6) is 0 Å². The first kappa shape index (κ1) is 16.5. The maximum atomic E-state index is 12.1. The minimum atomic E-state index is -0.608. The third-order valence-corrected chi connectivity index (χ3v) is 4.36. The maximum Gasteiger partial charge on any atom is 0.328 e. The summed E-state index contributed by atoms with van der Waals surface area (Å²) in [6.07, 6.45) is 6.91. The van der Waals surface area contributed by atoms with Gasteiger partial charge in [0.25, 0.3) is 0 Å². The predicted molar refractivity (Wildman–Crippen MR) is 85.3 cm³/mol. The first-order valence-corrected chi connectivity index (χ1v) is 8.10. The molecule has 0 aromatic heterocycles. The van der Waals surface area contributed by atoms with E-state index in [-0.39, 0.29) is 5.91 Å². The zero-order chi connectivity index (χ0) is 15.8. The molecular formula is C18H25NO3. The molecule has 1 aromatic rings. The molecule has 0 saturated heterocycles. The van der Waals surface area contributed by atoms with Crippen LogP contribution in [0.25, 0.3) is 0 Å². The number of esters is 1. The average Bonchev–Trinajstić information content (AvgIpc) is 3.06. The zero-order valence-corrected chi connectivity index (χ0v) is 13.2. The predicted octanol–water partition coefficient (Wildman–Crippen LogP) is 2.86. The first-order valence-electron chi connectivity index (χ1n) is 8.10. The molecule has 4 nitrogen and oxygen atoms in total. The van der Waals surface area contributed by atoms with E-state index >= 15 is 0 Å². The smallest absolute Gasteiger partial charge is 0.328 e. The van der Waals surface area contributed by atoms with E-state index in [0.29, 0.717) is 18.8 Å². The normalized spacial score (nSPS) is 16.2. The third-order valence-electron chi connectivity index (χ3n) is 4.36. The standard InChI is InChI=1S/C18H25NO3/c1-22-18(21)16(13-15-9-3-2-4-10-15)19-17(20)12-11-14-7-5-6-8-14/h2-4,9-10,14,16H,5-8,11-13H2,1H3,(H,19,20)/t16-/m0/s1. The molecule has 2 rings (SSSR count). The number of rotatable bonds is 7. The van der Waals surface area contributed by atoms with Gasteiger partial charge in [-0.25, -0.2) is 4.79 Å². The Balaban J connectivity index is 1.85. The van der Waals surface area contributed by atoms with Crippen LogP contribution in [0.15, 0.2) is 30.3 Å². The summed E-state index contributed by atoms with van der Waals surface area (Å²) in [4.78, 5) is 24.0. The lowest BCUT2D eigenvalue weighted by Gasteiger charge is -2.17. The number of carbonyl (C=O) groups is 2. The first-order chi connectivity index (χ1) is 10.7. The summed E-state index contributed by atoms with van der Waals surface area (Å²) >= 11 is 0. The Morgan fingerprint density at radius 2 is 1.91 bits per heavy atom. The molecule has 1 N–H and O–H groups in total. The van der Waals surface area contributed by atoms with Gasteiger partial charge in [0.2, 0.25) is 5.91 Å². The average molecular weight is 303 g/mol. The molecule has 0 radical (unpaired) electrons. The van der Waals surface area contributed by atoms with Gasteiger partial charge in [-0.05, 0) is 17.9 Å². The van der Waals surface area contributed by atoms with Gasteiger partial charge in [-0.15, -0.1) is 0 Å². The monoisotopic (exact) mass is 303 g/mol. The minimum absolute atomic E-state index is 0.0572. The minimum Gasteiger partial charge on any atom is -0.467 e. The molecule has 1 fully saturated rings. The molecule has 1 aromatic carbocycles. The number of hydrogen-bond donors (Lipinski definition) is 1. The van der Waals surface area contributed by atoms with Gasteiger partial charge in [0, 0.05) is 12.8 Å². The van der Waals surface area contributed by atoms with Crippen LogP contribution in [0.3, 0.4) is 0 Å². The van der Waals surface area contributed by atoms with E-state index in [0.717, 1.165) is 12.0 Å². The number of carbonyl (C=O) groups excluding carboxylic acids is 2. The summed E-state index contributed by atoms with van der Waals surface area (Å²) in [7, 11) is 1.35. The molecule has 0 spiro atoms. The molecule has 120 valence electrons. The van der Waals surface area contributed by atoms with Crippen molar-refractivity contribution in [2.24, 2.45) is 5.92 Å². The largest absolute Gasteiger partial charge is 0.467 e. The van der Waals surface area contributed by atoms with Crippen molar-refractivity contribution in [1.82, 2.24) is 5.32 Å². The van der Waals surface area contributed by atoms with E-state index in [1.165, 1.54) is 32.8 Å². The van der Waals surface area contributed by atoms with Gasteiger partial charge in [-0.1, -0.05) is 56.0 Å². The molecule has 1 aliphatic rings. The summed E-state index contributed by atoms with van der Waals surface area (Å²) in [6, 6.07) is 9.05. The Morgan fingerprint density at radius 3 is 2.55 bits per heavy atom. The van der Waals surface area contributed by atoms with E-state index in [4.69, 9.17) is 4.74 Å². The molecule has 1 amide bonds. The van der Waals surface area contributed by atoms with Crippen LogP contribution in [0.1, 0.15) is 44.1 Å². The van der Waals surface area contributed by atoms with E-state index in [1.54, 1.807) is 0 Å². The van der Waals surface area contributed by atoms with Gasteiger partial charge in [0.15, 0.2) is 0 Å². The lowest BCUT2D eigenvalue weighted by atomic mass is 10.0. The van der Waals surface area contributed by atoms with Crippen LogP contribution in [0.4, 0.5) is 0 Å². The Labute approximate surface area is 132 Å². The highest BCUT2D eigenvalue weighted by molar-refractivity contribution is 5.84. The van der Waals surface area contributed by atoms with Gasteiger partial charge in [-0.3, -0.25) is 4.79 Å². The van der Waals surface area contributed by atoms with Crippen LogP contribution in [-0.4, -0.2) is 25.0 Å². The van der Waals surface area contributed by atoms with Crippen LogP contribution < -0.4 is 5.32 Å². The van der Waals surface area contributed by atoms with Crippen LogP contribution in [0, 0.1) is 5.92 Å². The van der Waals surface area contributed by atoms with E-state index in [1.807, 2.05) is 30.3 Å². The lowest BCUT2D eigenvalue weighted by Crippen LogP contribution is -2.43. The molecule has 4 heteroatoms. The number of amides is 1. The zero-order valence-electron chi connectivity index (χ0n) is 13.2. The van der Waals surface area contributed by atoms with E-state index in [2.05, 4.69) is 5.32 Å². The van der Waals surface area contributed by atoms with Gasteiger partial charge in [-0.2, -0.15) is 0 Å². The topological polar surface area (TPSA) is 55.4 Å². The fourth-order valence-electron chi connectivity index (χ4n) is 3.09. The highest BCUT2D eigenvalue weighted by Gasteiger charge is 2.23. The van der Waals surface area contributed by atoms with Crippen molar-refractivity contribution >= 4 is 11.9 Å². The lowest BCUT2D eigenvalue weighted by molar-refractivity contribution is -0.145. The van der Waals surface area contributed by atoms with Gasteiger partial charge < -0.3 is 10.1 Å². The Kier molecular flexibility index (Phi) is 6.44. The van der Waals surface area contributed by atoms with Gasteiger partial charge in [0.1, 0.15) is 6.04 Å². The molecular weight excluding hydrogens is 278 g/mol. The molecule has 1 saturated carbocycles. The van der Waals surface area contributed by atoms with Crippen molar-refractivity contribution in [1.29, 1.82) is 0 Å². The fraction of sp³-hybridized carbons (Fsp3) is 0.556. The molecule has 0 heterocycles. The van der Waals surface area contributed by atoms with Crippen LogP contribution in [-0.2, 0) is 20.7 Å². The molecule has 0 bridgehead atoms. The summed E-state index contributed by atoms with van der Waals surface area (Å²) in [6.45, 7) is 0. The maximum absolute atomic E-state index is 12.1. The third kappa shape index (κ3) is 5.17. The van der Waals surface area contributed by atoms with E-state index in [9.17, 15) is 9.59 Å². The highest BCUT2D eigenvalue weighted by atomic mass is 16.5. The van der Waals surface area contributed by atoms with Crippen LogP contribution in [0.2, 0.25) is 0 Å². The van der Waals surface area contributed by atoms with Gasteiger partial charge in [0.05, 0.1) is 7.11 Å². The highest BCUT2D eigenvalue weighted by Crippen LogP contribution is 2.28. The second kappa shape index (κ2) is 8.57. The van der Waals surface area contributed by atoms with Crippen molar-refractivity contribution < 1.29 is 14.3 Å². The molecule has 1 aliphatic carbocycles. The Bertz CT molecular complexity index is 480. The summed E-state index contributed by atoms with van der Waals surface area (Å²) in [5.41, 5.74) is 1.01. The van der Waals surface area contributed by atoms with E-state index < -0.39 is 12.0 Å². The summed E-state index contributed by atoms with van der Waals surface area (Å²) in [5.74, 6) is 0.229. The number of hydrogen-bond acceptors (Lipinski definition) is 3. The van der Waals surface area contributed by atoms with Crippen molar-refractivity contribution in [3.63, 3.8) is 0 Å². The van der Waals surface area contributed by atoms with Crippen molar-refractivity contribution in [3.05, 3.63) is 35.9 Å². The Morgan fingerprint density at radius 1 is 1.23 bits per heavy atom. The van der Waals surface area contributed by atoms with Crippen molar-refractivity contribution in [3.8, 4) is 0 Å². The molecule has 22 heavy (non-hydrogen) atoms. The number of nitrogens with one attached hydrogen (secondary N) is 1. The summed E-state index contributed by atoms with van der Waals surface area (Å²) in [5, 5.41) is 2.83. The fourth-order valence-corrected chi connectivity index (χ4v) is 3.09. The van der Waals surface area contributed by atoms with Crippen LogP contribution >= 0.6 is 0 Å². The summed E-state index contributed by atoms with van der Waals surface area (Å²) < 4.78 is 4.81. The second-order valence-electron chi connectivity index (χ2n) is 6.02. The molecule has 1 atom stereocenters. The number of ether oxygens (including phenoxy) is 1. The molecule has 0 unspecified atom stereocenters. The van der Waals surface area contributed by atoms with Crippen molar-refractivity contribution in [2.45, 2.75) is 51.0 Å². The van der Waals surface area contributed by atoms with Crippen molar-refractivity contribution in [2.75, 3.05) is 7.11 Å². The van der Waals surface area contributed by atoms with Gasteiger partial charge >= 0.3 is 5.97 Å². The Hall–Kier alpha value is -1.84. The quantitative estimate of drug-likeness (QED) is 0.788. The number of benzene rings is 1.